The predicted octanol–water partition coefficient (Wildman–Crippen LogP) is 2.82. The van der Waals surface area contributed by atoms with Gasteiger partial charge in [-0.2, -0.15) is 0 Å². The predicted molar refractivity (Wildman–Crippen MR) is 111 cm³/mol. The molecule has 0 amide bonds. The molecule has 1 aromatic rings. The summed E-state index contributed by atoms with van der Waals surface area (Å²) in [4.78, 5) is 12.4. The summed E-state index contributed by atoms with van der Waals surface area (Å²) in [5.41, 5.74) is -0.0372. The van der Waals surface area contributed by atoms with Gasteiger partial charge in [-0.05, 0) is 52.0 Å². The maximum absolute atomic E-state index is 12.4. The Hall–Kier alpha value is -1.83. The van der Waals surface area contributed by atoms with E-state index in [1.807, 2.05) is 32.9 Å². The molecule has 7 nitrogen and oxygen atoms in total. The zero-order chi connectivity index (χ0) is 22.0. The molecule has 1 aromatic carbocycles. The Kier molecular flexibility index (Phi) is 4.81. The van der Waals surface area contributed by atoms with E-state index in [0.717, 1.165) is 12.0 Å². The number of hydrogen-bond acceptors (Lipinski definition) is 7. The molecule has 4 aliphatic rings. The van der Waals surface area contributed by atoms with Gasteiger partial charge in [-0.15, -0.1) is 0 Å². The number of fused-ring (bicyclic) bond motifs is 8. The maximum atomic E-state index is 12.4. The minimum atomic E-state index is -1.01. The van der Waals surface area contributed by atoms with Crippen molar-refractivity contribution < 1.29 is 33.6 Å². The first-order valence-corrected chi connectivity index (χ1v) is 11.2. The summed E-state index contributed by atoms with van der Waals surface area (Å²) >= 11 is 0. The fraction of sp³-hybridized carbons (Fsp3) is 0.708. The van der Waals surface area contributed by atoms with E-state index in [-0.39, 0.29) is 24.4 Å². The normalized spacial score (nSPS) is 34.9. The number of para-hydroxylation sites is 1. The van der Waals surface area contributed by atoms with Crippen LogP contribution in [0.5, 0.6) is 11.5 Å². The number of benzene rings is 1. The molecule has 170 valence electrons. The highest BCUT2D eigenvalue weighted by molar-refractivity contribution is 5.75. The van der Waals surface area contributed by atoms with Crippen LogP contribution in [-0.2, 0) is 24.4 Å². The van der Waals surface area contributed by atoms with Crippen molar-refractivity contribution >= 4 is 5.97 Å². The molecule has 7 heteroatoms. The van der Waals surface area contributed by atoms with Crippen LogP contribution in [0.15, 0.2) is 18.2 Å². The van der Waals surface area contributed by atoms with Crippen LogP contribution < -0.4 is 9.47 Å². The second kappa shape index (κ2) is 7.09. The van der Waals surface area contributed by atoms with Gasteiger partial charge in [-0.25, -0.2) is 0 Å². The smallest absolute Gasteiger partial charge is 0.311 e. The number of rotatable bonds is 4. The van der Waals surface area contributed by atoms with Gasteiger partial charge in [0.15, 0.2) is 17.6 Å². The Morgan fingerprint density at radius 1 is 1.23 bits per heavy atom. The van der Waals surface area contributed by atoms with Crippen LogP contribution in [0.25, 0.3) is 0 Å². The molecule has 2 bridgehead atoms. The summed E-state index contributed by atoms with van der Waals surface area (Å²) in [6.45, 7) is 6.75. The lowest BCUT2D eigenvalue weighted by Crippen LogP contribution is -2.64. The van der Waals surface area contributed by atoms with Gasteiger partial charge in [0, 0.05) is 16.9 Å². The third-order valence-electron chi connectivity index (χ3n) is 7.64. The topological polar surface area (TPSA) is 83.5 Å². The van der Waals surface area contributed by atoms with Crippen molar-refractivity contribution in [2.24, 2.45) is 17.3 Å². The molecular formula is C24H32O7. The van der Waals surface area contributed by atoms with E-state index < -0.39 is 28.8 Å². The zero-order valence-electron chi connectivity index (χ0n) is 18.7. The van der Waals surface area contributed by atoms with Crippen LogP contribution in [0.1, 0.15) is 45.6 Å². The van der Waals surface area contributed by atoms with Gasteiger partial charge in [0.05, 0.1) is 38.4 Å². The summed E-state index contributed by atoms with van der Waals surface area (Å²) in [6, 6.07) is 5.92. The van der Waals surface area contributed by atoms with Crippen LogP contribution in [0.4, 0.5) is 0 Å². The molecule has 1 spiro atoms. The molecule has 3 fully saturated rings. The summed E-state index contributed by atoms with van der Waals surface area (Å²) in [5.74, 6) is 0.159. The summed E-state index contributed by atoms with van der Waals surface area (Å²) in [6.07, 6.45) is 1.04. The van der Waals surface area contributed by atoms with Gasteiger partial charge in [0.25, 0.3) is 0 Å². The SMILES string of the molecule is COc1cccc2c1O[C@H]1C3(OCCO3)[C@@H]3C[C@@H](C[C@@H]3O)[C@@]21CCOC(=O)C(C)(C)C. The highest BCUT2D eigenvalue weighted by atomic mass is 16.8. The Morgan fingerprint density at radius 2 is 1.97 bits per heavy atom. The lowest BCUT2D eigenvalue weighted by Gasteiger charge is -2.51. The van der Waals surface area contributed by atoms with E-state index in [2.05, 4.69) is 6.07 Å². The molecule has 5 rings (SSSR count). The minimum Gasteiger partial charge on any atom is -0.493 e. The van der Waals surface area contributed by atoms with Crippen molar-refractivity contribution in [2.45, 2.75) is 63.4 Å². The van der Waals surface area contributed by atoms with E-state index in [4.69, 9.17) is 23.7 Å². The number of carbonyl (C=O) groups is 1. The van der Waals surface area contributed by atoms with E-state index >= 15 is 0 Å². The molecule has 0 radical (unpaired) electrons. The first kappa shape index (κ1) is 21.0. The van der Waals surface area contributed by atoms with Gasteiger partial charge >= 0.3 is 5.97 Å². The minimum absolute atomic E-state index is 0.143. The number of methoxy groups -OCH3 is 1. The molecule has 0 unspecified atom stereocenters. The molecule has 2 saturated carbocycles. The fourth-order valence-corrected chi connectivity index (χ4v) is 6.28. The largest absolute Gasteiger partial charge is 0.493 e. The molecule has 2 aliphatic heterocycles. The maximum Gasteiger partial charge on any atom is 0.311 e. The molecule has 5 atom stereocenters. The number of ether oxygens (including phenoxy) is 5. The van der Waals surface area contributed by atoms with Crippen LogP contribution >= 0.6 is 0 Å². The highest BCUT2D eigenvalue weighted by Gasteiger charge is 2.74. The van der Waals surface area contributed by atoms with Gasteiger partial charge in [0.2, 0.25) is 5.79 Å². The van der Waals surface area contributed by atoms with Crippen LogP contribution in [0.3, 0.4) is 0 Å². The molecule has 31 heavy (non-hydrogen) atoms. The van der Waals surface area contributed by atoms with Crippen molar-refractivity contribution in [2.75, 3.05) is 26.9 Å². The van der Waals surface area contributed by atoms with Crippen molar-refractivity contribution in [1.82, 2.24) is 0 Å². The van der Waals surface area contributed by atoms with E-state index in [1.165, 1.54) is 0 Å². The van der Waals surface area contributed by atoms with Crippen molar-refractivity contribution in [3.8, 4) is 11.5 Å². The van der Waals surface area contributed by atoms with Crippen LogP contribution in [0, 0.1) is 17.3 Å². The first-order chi connectivity index (χ1) is 14.7. The lowest BCUT2D eigenvalue weighted by molar-refractivity contribution is -0.279. The molecular weight excluding hydrogens is 400 g/mol. The third kappa shape index (κ3) is 2.86. The first-order valence-electron chi connectivity index (χ1n) is 11.2. The number of carbonyl (C=O) groups excluding carboxylic acids is 1. The van der Waals surface area contributed by atoms with Crippen molar-refractivity contribution in [3.05, 3.63) is 23.8 Å². The standard InChI is InChI=1S/C24H32O7/c1-22(2,3)21(26)28-9-8-23-14-12-16(17(25)13-14)24(29-10-11-30-24)20(23)31-19-15(23)6-5-7-18(19)27-4/h5-7,14,16-17,20,25H,8-13H2,1-4H3/t14-,16+,17-,20+,23-/m0/s1. The number of aliphatic hydroxyl groups excluding tert-OH is 1. The van der Waals surface area contributed by atoms with Gasteiger partial charge < -0.3 is 28.8 Å². The van der Waals surface area contributed by atoms with Gasteiger partial charge in [-0.1, -0.05) is 12.1 Å². The Labute approximate surface area is 183 Å². The summed E-state index contributed by atoms with van der Waals surface area (Å²) < 4.78 is 30.4. The molecule has 2 aliphatic carbocycles. The molecule has 2 heterocycles. The Morgan fingerprint density at radius 3 is 2.65 bits per heavy atom. The van der Waals surface area contributed by atoms with E-state index in [9.17, 15) is 9.90 Å². The second-order valence-electron chi connectivity index (χ2n) is 10.3. The summed E-state index contributed by atoms with van der Waals surface area (Å²) in [7, 11) is 1.63. The van der Waals surface area contributed by atoms with E-state index in [1.54, 1.807) is 7.11 Å². The third-order valence-corrected chi connectivity index (χ3v) is 7.64. The quantitative estimate of drug-likeness (QED) is 0.733. The van der Waals surface area contributed by atoms with Gasteiger partial charge in [0.1, 0.15) is 0 Å². The average molecular weight is 433 g/mol. The number of esters is 1. The zero-order valence-corrected chi connectivity index (χ0v) is 18.7. The number of hydrogen-bond donors (Lipinski definition) is 1. The van der Waals surface area contributed by atoms with Crippen molar-refractivity contribution in [1.29, 1.82) is 0 Å². The molecule has 0 aromatic heterocycles. The highest BCUT2D eigenvalue weighted by Crippen LogP contribution is 2.66. The van der Waals surface area contributed by atoms with Crippen molar-refractivity contribution in [3.63, 3.8) is 0 Å². The Bertz CT molecular complexity index is 869. The fourth-order valence-electron chi connectivity index (χ4n) is 6.28. The second-order valence-corrected chi connectivity index (χ2v) is 10.3. The van der Waals surface area contributed by atoms with Gasteiger partial charge in [-0.3, -0.25) is 4.79 Å². The lowest BCUT2D eigenvalue weighted by atomic mass is 9.58. The summed E-state index contributed by atoms with van der Waals surface area (Å²) in [5, 5.41) is 10.9. The number of aliphatic hydroxyl groups is 1. The van der Waals surface area contributed by atoms with Crippen LogP contribution in [0.2, 0.25) is 0 Å². The molecule has 1 saturated heterocycles. The van der Waals surface area contributed by atoms with Crippen LogP contribution in [-0.4, -0.2) is 56.0 Å². The monoisotopic (exact) mass is 432 g/mol. The Balaban J connectivity index is 1.58. The van der Waals surface area contributed by atoms with E-state index in [0.29, 0.717) is 37.6 Å². The molecule has 1 N–H and O–H groups in total. The average Bonchev–Trinajstić information content (AvgIpc) is 3.42.